The van der Waals surface area contributed by atoms with Crippen molar-refractivity contribution in [3.63, 3.8) is 0 Å². The minimum Gasteiger partial charge on any atom is -0.469 e. The highest BCUT2D eigenvalue weighted by molar-refractivity contribution is 7.15. The molecule has 0 radical (unpaired) electrons. The molecule has 1 fully saturated rings. The molecular weight excluding hydrogens is 927 g/mol. The summed E-state index contributed by atoms with van der Waals surface area (Å²) in [5.41, 5.74) is 9.60. The van der Waals surface area contributed by atoms with Gasteiger partial charge in [0.25, 0.3) is 5.91 Å². The third-order valence-electron chi connectivity index (χ3n) is 12.9. The molecule has 8 rings (SSSR count). The van der Waals surface area contributed by atoms with Crippen LogP contribution in [0.4, 0.5) is 0 Å². The van der Waals surface area contributed by atoms with Gasteiger partial charge in [0.1, 0.15) is 29.0 Å². The van der Waals surface area contributed by atoms with E-state index in [0.29, 0.717) is 17.2 Å². The van der Waals surface area contributed by atoms with Crippen LogP contribution in [-0.4, -0.2) is 103 Å². The summed E-state index contributed by atoms with van der Waals surface area (Å²) in [7, 11) is 1.35. The standard InChI is InChI=1S/C52H57N9O7S2/c1-27-30(4)70-51-43(27)44(56-39(23-42(64)68-9)47-59-58-31(5)61(47)51)35-16-12-33(13-17-35)34-14-20-37(21-15-34)48(65)53-24-41(63)57-46(52(6,7)8)50(67)60-25-38(62)22-40(60)49(66)55-28(2)32-10-18-36(19-11-32)45-29(3)54-26-69-45/h10-21,26,28,38-40,46,62H,22-25H2,1-9H3,(H,53,65)(H,55,66)(H,57,63)/t28-,38+,39-,40-,46+/m0/s1. The quantitative estimate of drug-likeness (QED) is 0.0879. The van der Waals surface area contributed by atoms with E-state index in [9.17, 15) is 29.1 Å². The first-order chi connectivity index (χ1) is 33.3. The predicted octanol–water partition coefficient (Wildman–Crippen LogP) is 6.91. The number of hydrogen-bond donors (Lipinski definition) is 4. The highest BCUT2D eigenvalue weighted by Crippen LogP contribution is 2.40. The van der Waals surface area contributed by atoms with Gasteiger partial charge >= 0.3 is 5.97 Å². The lowest BCUT2D eigenvalue weighted by Gasteiger charge is -2.35. The van der Waals surface area contributed by atoms with Crippen LogP contribution in [0, 0.1) is 33.1 Å². The Balaban J connectivity index is 0.895. The Morgan fingerprint density at radius 3 is 2.14 bits per heavy atom. The van der Waals surface area contributed by atoms with E-state index < -0.39 is 65.8 Å². The molecule has 4 N–H and O–H groups in total. The monoisotopic (exact) mass is 983 g/mol. The van der Waals surface area contributed by atoms with Crippen molar-refractivity contribution in [2.45, 2.75) is 98.5 Å². The number of nitrogens with one attached hydrogen (secondary N) is 3. The number of methoxy groups -OCH3 is 1. The summed E-state index contributed by atoms with van der Waals surface area (Å²) >= 11 is 3.19. The van der Waals surface area contributed by atoms with Gasteiger partial charge in [0.05, 0.1) is 54.0 Å². The topological polar surface area (TPSA) is 210 Å². The number of β-amino-alcohol motifs (C(OH)–C–C–N with tert-alkyl or cyclic N) is 1. The number of thiophene rings is 1. The Hall–Kier alpha value is -6.89. The number of nitrogens with zero attached hydrogens (tertiary/aromatic N) is 6. The van der Waals surface area contributed by atoms with E-state index in [2.05, 4.69) is 45.0 Å². The number of thiazole rings is 1. The molecule has 3 aromatic heterocycles. The molecule has 0 aliphatic carbocycles. The van der Waals surface area contributed by atoms with Crippen molar-refractivity contribution in [2.75, 3.05) is 20.2 Å². The van der Waals surface area contributed by atoms with Crippen molar-refractivity contribution in [1.82, 2.24) is 40.6 Å². The second kappa shape index (κ2) is 20.2. The molecular formula is C52H57N9O7S2. The number of likely N-dealkylation sites (tertiary alicyclic amines) is 1. The number of ether oxygens (including phenoxy) is 1. The first-order valence-electron chi connectivity index (χ1n) is 23.1. The minimum atomic E-state index is -1.06. The van der Waals surface area contributed by atoms with Crippen LogP contribution in [0.15, 0.2) is 83.3 Å². The van der Waals surface area contributed by atoms with Crippen molar-refractivity contribution in [1.29, 1.82) is 0 Å². The number of hydrogen-bond acceptors (Lipinski definition) is 13. The summed E-state index contributed by atoms with van der Waals surface area (Å²) in [6.45, 7) is 14.8. The maximum atomic E-state index is 14.2. The van der Waals surface area contributed by atoms with Gasteiger partial charge in [0.2, 0.25) is 17.7 Å². The third kappa shape index (κ3) is 10.2. The van der Waals surface area contributed by atoms with Crippen LogP contribution in [-0.2, 0) is 23.9 Å². The average Bonchev–Trinajstić information content (AvgIpc) is 4.11. The first kappa shape index (κ1) is 49.5. The Morgan fingerprint density at radius 1 is 0.871 bits per heavy atom. The lowest BCUT2D eigenvalue weighted by Crippen LogP contribution is -2.58. The number of amides is 4. The summed E-state index contributed by atoms with van der Waals surface area (Å²) in [5, 5.41) is 28.9. The molecule has 364 valence electrons. The number of carbonyl (C=O) groups is 5. The smallest absolute Gasteiger partial charge is 0.308 e. The van der Waals surface area contributed by atoms with Crippen molar-refractivity contribution in [3.05, 3.63) is 128 Å². The number of fused-ring (bicyclic) bond motifs is 3. The molecule has 5 atom stereocenters. The zero-order chi connectivity index (χ0) is 50.2. The lowest BCUT2D eigenvalue weighted by molar-refractivity contribution is -0.144. The third-order valence-corrected chi connectivity index (χ3v) is 15.1. The van der Waals surface area contributed by atoms with E-state index in [1.807, 2.05) is 86.0 Å². The fraction of sp³-hybridized carbons (Fsp3) is 0.365. The van der Waals surface area contributed by atoms with Crippen molar-refractivity contribution in [3.8, 4) is 26.6 Å². The number of esters is 1. The van der Waals surface area contributed by atoms with E-state index >= 15 is 0 Å². The maximum absolute atomic E-state index is 14.2. The fourth-order valence-electron chi connectivity index (χ4n) is 8.89. The maximum Gasteiger partial charge on any atom is 0.308 e. The van der Waals surface area contributed by atoms with Crippen LogP contribution in [0.1, 0.15) is 107 Å². The van der Waals surface area contributed by atoms with Gasteiger partial charge in [-0.15, -0.1) is 32.9 Å². The molecule has 2 aliphatic heterocycles. The van der Waals surface area contributed by atoms with Gasteiger partial charge in [0.15, 0.2) is 5.82 Å². The lowest BCUT2D eigenvalue weighted by atomic mass is 9.85. The second-order valence-corrected chi connectivity index (χ2v) is 21.0. The van der Waals surface area contributed by atoms with Crippen molar-refractivity contribution in [2.24, 2.45) is 10.4 Å². The molecule has 70 heavy (non-hydrogen) atoms. The molecule has 3 aromatic carbocycles. The predicted molar refractivity (Wildman–Crippen MR) is 269 cm³/mol. The van der Waals surface area contributed by atoms with Gasteiger partial charge in [-0.2, -0.15) is 0 Å². The number of carbonyl (C=O) groups excluding carboxylic acids is 5. The summed E-state index contributed by atoms with van der Waals surface area (Å²) in [5.74, 6) is -1.10. The normalized spacial score (nSPS) is 17.4. The zero-order valence-corrected chi connectivity index (χ0v) is 42.3. The molecule has 4 amide bonds. The number of aliphatic imine (C=N–C) groups is 1. The summed E-state index contributed by atoms with van der Waals surface area (Å²) < 4.78 is 7.01. The molecule has 1 saturated heterocycles. The van der Waals surface area contributed by atoms with Gasteiger partial charge < -0.3 is 30.7 Å². The molecule has 6 aromatic rings. The number of aliphatic hydroxyl groups is 1. The van der Waals surface area contributed by atoms with E-state index in [1.54, 1.807) is 61.1 Å². The van der Waals surface area contributed by atoms with Crippen LogP contribution >= 0.6 is 22.7 Å². The minimum absolute atomic E-state index is 0.00377. The Bertz CT molecular complexity index is 2990. The molecule has 0 saturated carbocycles. The highest BCUT2D eigenvalue weighted by Gasteiger charge is 2.45. The van der Waals surface area contributed by atoms with Crippen LogP contribution in [0.25, 0.3) is 26.6 Å². The zero-order valence-electron chi connectivity index (χ0n) is 40.6. The Morgan fingerprint density at radius 2 is 1.51 bits per heavy atom. The molecule has 18 heteroatoms. The molecule has 0 spiro atoms. The Labute approximate surface area is 414 Å². The molecule has 0 bridgehead atoms. The largest absolute Gasteiger partial charge is 0.469 e. The molecule has 5 heterocycles. The van der Waals surface area contributed by atoms with Crippen molar-refractivity contribution >= 4 is 58.0 Å². The second-order valence-electron chi connectivity index (χ2n) is 18.9. The SMILES string of the molecule is COC(=O)C[C@@H]1N=C(c2ccc(-c3ccc(C(=O)NCC(=O)N[C@H](C(=O)N4C[C@H](O)C[C@H]4C(=O)N[C@@H](C)c4ccc(-c5scnc5C)cc4)C(C)(C)C)cc3)cc2)c2c(sc(C)c2C)-n2c(C)nnc21. The molecule has 0 unspecified atom stereocenters. The van der Waals surface area contributed by atoms with E-state index in [1.165, 1.54) is 12.0 Å². The van der Waals surface area contributed by atoms with Crippen LogP contribution < -0.4 is 16.0 Å². The summed E-state index contributed by atoms with van der Waals surface area (Å²) in [6.07, 6.45) is -0.869. The van der Waals surface area contributed by atoms with E-state index in [-0.39, 0.29) is 25.4 Å². The van der Waals surface area contributed by atoms with Crippen LogP contribution in [0.2, 0.25) is 0 Å². The van der Waals surface area contributed by atoms with Crippen molar-refractivity contribution < 1.29 is 33.8 Å². The number of rotatable bonds is 13. The first-order valence-corrected chi connectivity index (χ1v) is 24.8. The number of aliphatic hydroxyl groups excluding tert-OH is 1. The van der Waals surface area contributed by atoms with Crippen LogP contribution in [0.5, 0.6) is 0 Å². The fourth-order valence-corrected chi connectivity index (χ4v) is 10.9. The van der Waals surface area contributed by atoms with Crippen LogP contribution in [0.3, 0.4) is 0 Å². The summed E-state index contributed by atoms with van der Waals surface area (Å²) in [6, 6.07) is 19.8. The molecule has 16 nitrogen and oxygen atoms in total. The van der Waals surface area contributed by atoms with Gasteiger partial charge in [-0.25, -0.2) is 4.98 Å². The van der Waals surface area contributed by atoms with Gasteiger partial charge in [0, 0.05) is 34.5 Å². The van der Waals surface area contributed by atoms with Gasteiger partial charge in [-0.05, 0) is 80.0 Å². The highest BCUT2D eigenvalue weighted by atomic mass is 32.1. The molecule has 2 aliphatic rings. The number of benzene rings is 3. The van der Waals surface area contributed by atoms with E-state index in [0.717, 1.165) is 65.1 Å². The average molecular weight is 984 g/mol. The number of aromatic nitrogens is 4. The van der Waals surface area contributed by atoms with Gasteiger partial charge in [-0.3, -0.25) is 33.5 Å². The van der Waals surface area contributed by atoms with E-state index in [4.69, 9.17) is 9.73 Å². The Kier molecular flexibility index (Phi) is 14.3. The number of aryl methyl sites for hydroxylation is 3. The summed E-state index contributed by atoms with van der Waals surface area (Å²) in [4.78, 5) is 80.3. The van der Waals surface area contributed by atoms with Gasteiger partial charge in [-0.1, -0.05) is 81.4 Å².